The van der Waals surface area contributed by atoms with Crippen molar-refractivity contribution in [2.24, 2.45) is 5.73 Å². The normalized spacial score (nSPS) is 20.6. The van der Waals surface area contributed by atoms with Crippen molar-refractivity contribution in [3.05, 3.63) is 23.5 Å². The molecule has 0 bridgehead atoms. The molecule has 4 heteroatoms. The maximum Gasteiger partial charge on any atom is 0.146 e. The molecule has 3 nitrogen and oxygen atoms in total. The van der Waals surface area contributed by atoms with Gasteiger partial charge in [0.2, 0.25) is 0 Å². The summed E-state index contributed by atoms with van der Waals surface area (Å²) in [6, 6.07) is 2.71. The summed E-state index contributed by atoms with van der Waals surface area (Å²) in [6.45, 7) is 0.569. The highest BCUT2D eigenvalue weighted by atomic mass is 19.1. The molecule has 1 unspecified atom stereocenters. The Morgan fingerprint density at radius 3 is 3.00 bits per heavy atom. The van der Waals surface area contributed by atoms with Crippen molar-refractivity contribution in [1.29, 1.82) is 0 Å². The van der Waals surface area contributed by atoms with Crippen molar-refractivity contribution in [2.75, 3.05) is 12.3 Å². The Hall–Kier alpha value is -1.29. The van der Waals surface area contributed by atoms with Crippen LogP contribution >= 0.6 is 0 Å². The smallest absolute Gasteiger partial charge is 0.146 e. The van der Waals surface area contributed by atoms with Crippen LogP contribution in [0, 0.1) is 5.82 Å². The predicted molar refractivity (Wildman–Crippen MR) is 47.9 cm³/mol. The van der Waals surface area contributed by atoms with E-state index in [2.05, 4.69) is 0 Å². The van der Waals surface area contributed by atoms with Crippen molar-refractivity contribution in [2.45, 2.75) is 12.5 Å². The van der Waals surface area contributed by atoms with Crippen LogP contribution in [0.2, 0.25) is 0 Å². The van der Waals surface area contributed by atoms with Crippen molar-refractivity contribution < 1.29 is 9.13 Å². The molecule has 2 rings (SSSR count). The van der Waals surface area contributed by atoms with E-state index in [-0.39, 0.29) is 11.7 Å². The molecule has 13 heavy (non-hydrogen) atoms. The number of anilines is 1. The fraction of sp³-hybridized carbons (Fsp3) is 0.333. The van der Waals surface area contributed by atoms with Gasteiger partial charge < -0.3 is 16.2 Å². The fourth-order valence-corrected chi connectivity index (χ4v) is 1.45. The van der Waals surface area contributed by atoms with E-state index in [9.17, 15) is 4.39 Å². The Bertz CT molecular complexity index is 341. The zero-order valence-corrected chi connectivity index (χ0v) is 7.09. The number of hydrogen-bond acceptors (Lipinski definition) is 3. The first-order chi connectivity index (χ1) is 6.18. The second-order valence-electron chi connectivity index (χ2n) is 3.16. The van der Waals surface area contributed by atoms with Gasteiger partial charge in [-0.2, -0.15) is 0 Å². The second kappa shape index (κ2) is 2.88. The summed E-state index contributed by atoms with van der Waals surface area (Å²) < 4.78 is 18.3. The van der Waals surface area contributed by atoms with Gasteiger partial charge in [0.15, 0.2) is 0 Å². The molecule has 1 aromatic carbocycles. The Balaban J connectivity index is 2.52. The van der Waals surface area contributed by atoms with Crippen LogP contribution in [0.3, 0.4) is 0 Å². The molecule has 1 atom stereocenters. The summed E-state index contributed by atoms with van der Waals surface area (Å²) in [5, 5.41) is 0. The molecule has 0 aliphatic carbocycles. The highest BCUT2D eigenvalue weighted by Crippen LogP contribution is 2.33. The van der Waals surface area contributed by atoms with E-state index in [1.165, 1.54) is 12.1 Å². The van der Waals surface area contributed by atoms with Crippen LogP contribution in [0.1, 0.15) is 18.0 Å². The first-order valence-corrected chi connectivity index (χ1v) is 4.16. The number of halogens is 1. The number of nitrogen functional groups attached to an aromatic ring is 1. The molecule has 0 saturated heterocycles. The quantitative estimate of drug-likeness (QED) is 0.592. The number of ether oxygens (including phenoxy) is 1. The molecule has 1 aliphatic heterocycles. The van der Waals surface area contributed by atoms with E-state index in [1.54, 1.807) is 0 Å². The lowest BCUT2D eigenvalue weighted by Gasteiger charge is -2.23. The minimum Gasteiger partial charge on any atom is -0.493 e. The van der Waals surface area contributed by atoms with Gasteiger partial charge in [-0.05, 0) is 6.07 Å². The van der Waals surface area contributed by atoms with E-state index < -0.39 is 5.82 Å². The standard InChI is InChI=1S/C9H11FN2O/c10-6-3-5-7(11)1-2-13-9(5)4-8(6)12/h3-4,7H,1-2,11-12H2. The van der Waals surface area contributed by atoms with E-state index in [0.717, 1.165) is 6.42 Å². The first-order valence-electron chi connectivity index (χ1n) is 4.16. The molecule has 0 aromatic heterocycles. The van der Waals surface area contributed by atoms with Gasteiger partial charge >= 0.3 is 0 Å². The molecule has 70 valence electrons. The first kappa shape index (κ1) is 8.31. The van der Waals surface area contributed by atoms with Crippen LogP contribution in [0.4, 0.5) is 10.1 Å². The van der Waals surface area contributed by atoms with Crippen molar-refractivity contribution in [3.8, 4) is 5.75 Å². The lowest BCUT2D eigenvalue weighted by molar-refractivity contribution is 0.268. The minimum absolute atomic E-state index is 0.104. The SMILES string of the molecule is Nc1cc2c(cc1F)C(N)CCO2. The summed E-state index contributed by atoms with van der Waals surface area (Å²) in [6.07, 6.45) is 0.719. The van der Waals surface area contributed by atoms with Crippen LogP contribution in [-0.4, -0.2) is 6.61 Å². The molecule has 0 amide bonds. The zero-order chi connectivity index (χ0) is 9.42. The Labute approximate surface area is 75.5 Å². The Morgan fingerprint density at radius 2 is 2.23 bits per heavy atom. The van der Waals surface area contributed by atoms with Gasteiger partial charge in [0.1, 0.15) is 11.6 Å². The molecule has 0 spiro atoms. The maximum absolute atomic E-state index is 13.0. The summed E-state index contributed by atoms with van der Waals surface area (Å²) in [4.78, 5) is 0. The third-order valence-electron chi connectivity index (χ3n) is 2.22. The number of fused-ring (bicyclic) bond motifs is 1. The monoisotopic (exact) mass is 182 g/mol. The maximum atomic E-state index is 13.0. The zero-order valence-electron chi connectivity index (χ0n) is 7.09. The van der Waals surface area contributed by atoms with E-state index in [0.29, 0.717) is 17.9 Å². The van der Waals surface area contributed by atoms with Gasteiger partial charge in [0, 0.05) is 24.1 Å². The minimum atomic E-state index is -0.431. The summed E-state index contributed by atoms with van der Waals surface area (Å²) in [5.41, 5.74) is 12.0. The summed E-state index contributed by atoms with van der Waals surface area (Å²) in [7, 11) is 0. The molecule has 1 aromatic rings. The third-order valence-corrected chi connectivity index (χ3v) is 2.22. The van der Waals surface area contributed by atoms with Gasteiger partial charge in [-0.15, -0.1) is 0 Å². The number of hydrogen-bond donors (Lipinski definition) is 2. The van der Waals surface area contributed by atoms with Gasteiger partial charge in [-0.1, -0.05) is 0 Å². The molecule has 0 radical (unpaired) electrons. The molecule has 4 N–H and O–H groups in total. The number of nitrogens with two attached hydrogens (primary N) is 2. The Morgan fingerprint density at radius 1 is 1.46 bits per heavy atom. The van der Waals surface area contributed by atoms with Gasteiger partial charge in [-0.3, -0.25) is 0 Å². The fourth-order valence-electron chi connectivity index (χ4n) is 1.45. The second-order valence-corrected chi connectivity index (χ2v) is 3.16. The molecule has 1 aliphatic rings. The lowest BCUT2D eigenvalue weighted by atomic mass is 10.0. The largest absolute Gasteiger partial charge is 0.493 e. The van der Waals surface area contributed by atoms with Crippen molar-refractivity contribution in [3.63, 3.8) is 0 Å². The molecule has 0 saturated carbocycles. The molecular weight excluding hydrogens is 171 g/mol. The van der Waals surface area contributed by atoms with Gasteiger partial charge in [0.25, 0.3) is 0 Å². The average molecular weight is 182 g/mol. The van der Waals surface area contributed by atoms with E-state index in [1.807, 2.05) is 0 Å². The summed E-state index contributed by atoms with van der Waals surface area (Å²) >= 11 is 0. The average Bonchev–Trinajstić information content (AvgIpc) is 2.09. The third kappa shape index (κ3) is 1.33. The van der Waals surface area contributed by atoms with Crippen LogP contribution < -0.4 is 16.2 Å². The van der Waals surface area contributed by atoms with Crippen molar-refractivity contribution >= 4 is 5.69 Å². The van der Waals surface area contributed by atoms with Crippen LogP contribution in [0.25, 0.3) is 0 Å². The van der Waals surface area contributed by atoms with Crippen LogP contribution in [0.15, 0.2) is 12.1 Å². The topological polar surface area (TPSA) is 61.3 Å². The number of rotatable bonds is 0. The van der Waals surface area contributed by atoms with Gasteiger partial charge in [-0.25, -0.2) is 4.39 Å². The van der Waals surface area contributed by atoms with E-state index >= 15 is 0 Å². The van der Waals surface area contributed by atoms with E-state index in [4.69, 9.17) is 16.2 Å². The Kier molecular flexibility index (Phi) is 1.84. The lowest BCUT2D eigenvalue weighted by Crippen LogP contribution is -2.21. The highest BCUT2D eigenvalue weighted by molar-refractivity contribution is 5.51. The molecule has 0 fully saturated rings. The highest BCUT2D eigenvalue weighted by Gasteiger charge is 2.19. The van der Waals surface area contributed by atoms with Crippen LogP contribution in [-0.2, 0) is 0 Å². The molecular formula is C9H11FN2O. The predicted octanol–water partition coefficient (Wildman–Crippen LogP) is 1.19. The molecule has 1 heterocycles. The van der Waals surface area contributed by atoms with Crippen molar-refractivity contribution in [1.82, 2.24) is 0 Å². The summed E-state index contributed by atoms with van der Waals surface area (Å²) in [5.74, 6) is 0.178. The van der Waals surface area contributed by atoms with Gasteiger partial charge in [0.05, 0.1) is 12.3 Å². The number of benzene rings is 1. The van der Waals surface area contributed by atoms with Crippen LogP contribution in [0.5, 0.6) is 5.75 Å².